The van der Waals surface area contributed by atoms with Gasteiger partial charge in [0.2, 0.25) is 5.56 Å². The third-order valence-electron chi connectivity index (χ3n) is 4.43. The number of ether oxygens (including phenoxy) is 1. The number of aromatic nitrogens is 1. The van der Waals surface area contributed by atoms with Gasteiger partial charge in [0.05, 0.1) is 11.1 Å². The van der Waals surface area contributed by atoms with Crippen molar-refractivity contribution in [3.8, 4) is 11.5 Å². The first kappa shape index (κ1) is 23.0. The van der Waals surface area contributed by atoms with Crippen LogP contribution in [0.2, 0.25) is 0 Å². The molecule has 0 bridgehead atoms. The molecule has 1 heterocycles. The number of carbonyl (C=O) groups excluding carboxylic acids is 1. The van der Waals surface area contributed by atoms with Crippen molar-refractivity contribution >= 4 is 11.6 Å². The number of aliphatic hydroxyl groups excluding tert-OH is 1. The number of carbonyl (C=O) groups is 1. The van der Waals surface area contributed by atoms with Crippen molar-refractivity contribution in [2.24, 2.45) is 0 Å². The Morgan fingerprint density at radius 3 is 2.53 bits per heavy atom. The van der Waals surface area contributed by atoms with Crippen LogP contribution in [0, 0.1) is 5.82 Å². The van der Waals surface area contributed by atoms with Crippen LogP contribution in [0.3, 0.4) is 0 Å². The van der Waals surface area contributed by atoms with E-state index < -0.39 is 34.8 Å². The molecule has 3 N–H and O–H groups in total. The van der Waals surface area contributed by atoms with E-state index in [2.05, 4.69) is 10.3 Å². The first-order chi connectivity index (χ1) is 15.2. The summed E-state index contributed by atoms with van der Waals surface area (Å²) in [5.74, 6) is -1.75. The standard InChI is InChI=1S/C22H18F4N2O4/c23-15-4-6-18(13(10-15)2-1-9-29)32-19-11-14(22(24,25)26)3-5-17(19)21(31)28-16-7-8-27-20(30)12-16/h3-8,10-12,29H,1-2,9H2,(H2,27,28,30,31). The molecule has 0 spiro atoms. The number of H-pyrrole nitrogens is 1. The van der Waals surface area contributed by atoms with E-state index in [-0.39, 0.29) is 36.4 Å². The highest BCUT2D eigenvalue weighted by Crippen LogP contribution is 2.36. The fourth-order valence-electron chi connectivity index (χ4n) is 2.92. The van der Waals surface area contributed by atoms with Crippen LogP contribution < -0.4 is 15.6 Å². The first-order valence-electron chi connectivity index (χ1n) is 9.46. The average molecular weight is 450 g/mol. The second-order valence-electron chi connectivity index (χ2n) is 6.79. The maximum absolute atomic E-state index is 13.7. The Kier molecular flexibility index (Phi) is 6.94. The van der Waals surface area contributed by atoms with Crippen LogP contribution in [0.15, 0.2) is 59.5 Å². The smallest absolute Gasteiger partial charge is 0.416 e. The molecule has 0 aliphatic heterocycles. The van der Waals surface area contributed by atoms with Gasteiger partial charge in [-0.1, -0.05) is 0 Å². The fourth-order valence-corrected chi connectivity index (χ4v) is 2.92. The zero-order valence-corrected chi connectivity index (χ0v) is 16.5. The molecule has 0 aliphatic rings. The van der Waals surface area contributed by atoms with Gasteiger partial charge >= 0.3 is 6.18 Å². The molecular weight excluding hydrogens is 432 g/mol. The molecule has 3 rings (SSSR count). The minimum absolute atomic E-state index is 0.0457. The number of benzene rings is 2. The molecule has 1 aromatic heterocycles. The Labute approximate surface area is 179 Å². The first-order valence-corrected chi connectivity index (χ1v) is 9.46. The number of hydrogen-bond donors (Lipinski definition) is 3. The van der Waals surface area contributed by atoms with E-state index in [1.165, 1.54) is 18.3 Å². The Balaban J connectivity index is 2.01. The number of aromatic amines is 1. The molecule has 10 heteroatoms. The van der Waals surface area contributed by atoms with Gasteiger partial charge in [0, 0.05) is 24.6 Å². The number of halogens is 4. The number of aryl methyl sites for hydroxylation is 1. The van der Waals surface area contributed by atoms with Gasteiger partial charge in [0.1, 0.15) is 17.3 Å². The van der Waals surface area contributed by atoms with Crippen LogP contribution in [-0.2, 0) is 12.6 Å². The third-order valence-corrected chi connectivity index (χ3v) is 4.43. The molecule has 0 unspecified atom stereocenters. The van der Waals surface area contributed by atoms with Gasteiger partial charge in [-0.25, -0.2) is 4.39 Å². The SMILES string of the molecule is O=C(Nc1cc[nH]c(=O)c1)c1ccc(C(F)(F)F)cc1Oc1ccc(F)cc1CCCO. The summed E-state index contributed by atoms with van der Waals surface area (Å²) in [4.78, 5) is 26.5. The molecule has 0 aliphatic carbocycles. The molecule has 2 aromatic carbocycles. The van der Waals surface area contributed by atoms with E-state index in [9.17, 15) is 27.2 Å². The second kappa shape index (κ2) is 9.65. The normalized spacial score (nSPS) is 11.3. The van der Waals surface area contributed by atoms with E-state index in [4.69, 9.17) is 9.84 Å². The Hall–Kier alpha value is -3.66. The Bertz CT molecular complexity index is 1180. The van der Waals surface area contributed by atoms with Crippen molar-refractivity contribution < 1.29 is 32.2 Å². The molecule has 0 radical (unpaired) electrons. The minimum Gasteiger partial charge on any atom is -0.456 e. The van der Waals surface area contributed by atoms with Crippen LogP contribution in [0.25, 0.3) is 0 Å². The van der Waals surface area contributed by atoms with Crippen molar-refractivity contribution in [2.45, 2.75) is 19.0 Å². The summed E-state index contributed by atoms with van der Waals surface area (Å²) in [5.41, 5.74) is -1.30. The summed E-state index contributed by atoms with van der Waals surface area (Å²) in [6.45, 7) is -0.177. The number of anilines is 1. The van der Waals surface area contributed by atoms with Crippen LogP contribution in [-0.4, -0.2) is 22.6 Å². The predicted molar refractivity (Wildman–Crippen MR) is 108 cm³/mol. The number of amides is 1. The third kappa shape index (κ3) is 5.73. The summed E-state index contributed by atoms with van der Waals surface area (Å²) in [5, 5.41) is 11.5. The summed E-state index contributed by atoms with van der Waals surface area (Å²) in [6.07, 6.45) is -2.91. The van der Waals surface area contributed by atoms with Crippen molar-refractivity contribution in [3.05, 3.63) is 87.6 Å². The van der Waals surface area contributed by atoms with Crippen LogP contribution in [0.5, 0.6) is 11.5 Å². The average Bonchev–Trinajstić information content (AvgIpc) is 2.73. The van der Waals surface area contributed by atoms with Crippen LogP contribution >= 0.6 is 0 Å². The number of pyridine rings is 1. The molecule has 0 saturated carbocycles. The summed E-state index contributed by atoms with van der Waals surface area (Å²) in [7, 11) is 0. The fraction of sp³-hybridized carbons (Fsp3) is 0.182. The molecule has 1 amide bonds. The van der Waals surface area contributed by atoms with Crippen molar-refractivity contribution in [3.63, 3.8) is 0 Å². The number of hydrogen-bond acceptors (Lipinski definition) is 4. The monoisotopic (exact) mass is 450 g/mol. The molecule has 168 valence electrons. The van der Waals surface area contributed by atoms with Crippen molar-refractivity contribution in [1.82, 2.24) is 4.98 Å². The van der Waals surface area contributed by atoms with E-state index in [1.54, 1.807) is 0 Å². The van der Waals surface area contributed by atoms with E-state index >= 15 is 0 Å². The summed E-state index contributed by atoms with van der Waals surface area (Å²) < 4.78 is 59.1. The lowest BCUT2D eigenvalue weighted by atomic mass is 10.1. The van der Waals surface area contributed by atoms with Gasteiger partial charge in [-0.05, 0) is 60.9 Å². The van der Waals surface area contributed by atoms with Gasteiger partial charge in [0.25, 0.3) is 5.91 Å². The quantitative estimate of drug-likeness (QED) is 0.462. The maximum Gasteiger partial charge on any atom is 0.416 e. The highest BCUT2D eigenvalue weighted by molar-refractivity contribution is 6.06. The zero-order chi connectivity index (χ0) is 23.3. The minimum atomic E-state index is -4.69. The molecule has 0 fully saturated rings. The number of alkyl halides is 3. The summed E-state index contributed by atoms with van der Waals surface area (Å²) in [6, 6.07) is 8.32. The van der Waals surface area contributed by atoms with E-state index in [0.29, 0.717) is 11.6 Å². The van der Waals surface area contributed by atoms with Gasteiger partial charge in [-0.3, -0.25) is 9.59 Å². The lowest BCUT2D eigenvalue weighted by molar-refractivity contribution is -0.137. The Morgan fingerprint density at radius 2 is 1.84 bits per heavy atom. The summed E-state index contributed by atoms with van der Waals surface area (Å²) >= 11 is 0. The molecule has 0 atom stereocenters. The lowest BCUT2D eigenvalue weighted by Crippen LogP contribution is -2.16. The molecular formula is C22H18F4N2O4. The highest BCUT2D eigenvalue weighted by atomic mass is 19.4. The van der Waals surface area contributed by atoms with Crippen molar-refractivity contribution in [1.29, 1.82) is 0 Å². The predicted octanol–water partition coefficient (Wildman–Crippen LogP) is 4.50. The molecule has 0 saturated heterocycles. The van der Waals surface area contributed by atoms with Crippen molar-refractivity contribution in [2.75, 3.05) is 11.9 Å². The molecule has 3 aromatic rings. The van der Waals surface area contributed by atoms with Gasteiger partial charge in [0.15, 0.2) is 0 Å². The van der Waals surface area contributed by atoms with Gasteiger partial charge < -0.3 is 20.1 Å². The molecule has 32 heavy (non-hydrogen) atoms. The van der Waals surface area contributed by atoms with Crippen LogP contribution in [0.1, 0.15) is 27.9 Å². The number of rotatable bonds is 7. The molecule has 6 nitrogen and oxygen atoms in total. The second-order valence-corrected chi connectivity index (χ2v) is 6.79. The van der Waals surface area contributed by atoms with Gasteiger partial charge in [-0.2, -0.15) is 13.2 Å². The Morgan fingerprint density at radius 1 is 1.06 bits per heavy atom. The number of nitrogens with one attached hydrogen (secondary N) is 2. The van der Waals surface area contributed by atoms with E-state index in [1.807, 2.05) is 0 Å². The topological polar surface area (TPSA) is 91.4 Å². The van der Waals surface area contributed by atoms with E-state index in [0.717, 1.165) is 30.3 Å². The van der Waals surface area contributed by atoms with Gasteiger partial charge in [-0.15, -0.1) is 0 Å². The lowest BCUT2D eigenvalue weighted by Gasteiger charge is -2.16. The zero-order valence-electron chi connectivity index (χ0n) is 16.5. The number of aliphatic hydroxyl groups is 1. The van der Waals surface area contributed by atoms with Crippen LogP contribution in [0.4, 0.5) is 23.2 Å². The largest absolute Gasteiger partial charge is 0.456 e. The highest BCUT2D eigenvalue weighted by Gasteiger charge is 2.32. The maximum atomic E-state index is 13.7.